The predicted octanol–water partition coefficient (Wildman–Crippen LogP) is 1.38. The molecular formula is C11H19F3IN5O2S2. The van der Waals surface area contributed by atoms with Crippen LogP contribution in [0, 0.1) is 0 Å². The zero-order valence-corrected chi connectivity index (χ0v) is 16.9. The molecule has 0 unspecified atom stereocenters. The quantitative estimate of drug-likeness (QED) is 0.227. The van der Waals surface area contributed by atoms with E-state index >= 15 is 0 Å². The van der Waals surface area contributed by atoms with E-state index in [-0.39, 0.29) is 37.1 Å². The second-order valence-electron chi connectivity index (χ2n) is 4.50. The topological polar surface area (TPSA) is 95.5 Å². The highest BCUT2D eigenvalue weighted by Crippen LogP contribution is 2.29. The zero-order valence-electron chi connectivity index (χ0n) is 13.0. The van der Waals surface area contributed by atoms with Gasteiger partial charge in [-0.15, -0.1) is 35.3 Å². The van der Waals surface area contributed by atoms with Crippen LogP contribution < -0.4 is 15.4 Å². The number of hydrogen-bond donors (Lipinski definition) is 3. The molecule has 0 radical (unpaired) electrons. The lowest BCUT2D eigenvalue weighted by atomic mass is 10.4. The maximum atomic E-state index is 12.4. The molecule has 0 bridgehead atoms. The summed E-state index contributed by atoms with van der Waals surface area (Å²) in [5, 5.41) is 7.01. The van der Waals surface area contributed by atoms with Crippen LogP contribution in [0.15, 0.2) is 10.4 Å². The molecule has 1 aromatic rings. The van der Waals surface area contributed by atoms with Gasteiger partial charge in [-0.25, -0.2) is 18.1 Å². The Hall–Kier alpha value is -0.670. The normalized spacial score (nSPS) is 12.6. The van der Waals surface area contributed by atoms with Crippen molar-refractivity contribution in [3.63, 3.8) is 0 Å². The molecule has 140 valence electrons. The molecule has 1 rings (SSSR count). The van der Waals surface area contributed by atoms with Crippen molar-refractivity contribution in [3.8, 4) is 0 Å². The van der Waals surface area contributed by atoms with Gasteiger partial charge in [0.2, 0.25) is 10.0 Å². The van der Waals surface area contributed by atoms with Crippen molar-refractivity contribution >= 4 is 51.3 Å². The van der Waals surface area contributed by atoms with E-state index in [0.717, 1.165) is 23.0 Å². The summed E-state index contributed by atoms with van der Waals surface area (Å²) >= 11 is 0.911. The van der Waals surface area contributed by atoms with Crippen molar-refractivity contribution in [2.75, 3.05) is 26.4 Å². The Bertz CT molecular complexity index is 634. The number of rotatable bonds is 7. The van der Waals surface area contributed by atoms with Gasteiger partial charge in [0.15, 0.2) is 11.7 Å². The monoisotopic (exact) mass is 501 g/mol. The van der Waals surface area contributed by atoms with E-state index < -0.39 is 21.9 Å². The molecule has 0 saturated heterocycles. The first-order valence-corrected chi connectivity index (χ1v) is 9.29. The molecular weight excluding hydrogens is 482 g/mol. The molecule has 13 heteroatoms. The van der Waals surface area contributed by atoms with Crippen LogP contribution in [0.25, 0.3) is 0 Å². The van der Waals surface area contributed by atoms with Gasteiger partial charge in [-0.05, 0) is 6.42 Å². The van der Waals surface area contributed by atoms with Gasteiger partial charge in [-0.1, -0.05) is 0 Å². The number of aliphatic imine (C=N–C) groups is 1. The summed E-state index contributed by atoms with van der Waals surface area (Å²) in [6, 6.07) is 0. The van der Waals surface area contributed by atoms with E-state index in [0.29, 0.717) is 23.9 Å². The third-order valence-corrected chi connectivity index (χ3v) is 4.06. The SMILES string of the molecule is CN=C(NCCCNS(C)(=O)=O)NCc1nc(C(F)(F)F)cs1.I. The first kappa shape index (κ1) is 23.3. The molecule has 0 spiro atoms. The second-order valence-corrected chi connectivity index (χ2v) is 7.27. The van der Waals surface area contributed by atoms with Crippen LogP contribution in [-0.2, 0) is 22.7 Å². The molecule has 0 aromatic carbocycles. The second kappa shape index (κ2) is 10.4. The molecule has 0 saturated carbocycles. The van der Waals surface area contributed by atoms with Crippen molar-refractivity contribution in [3.05, 3.63) is 16.1 Å². The van der Waals surface area contributed by atoms with Gasteiger partial charge in [-0.3, -0.25) is 4.99 Å². The molecule has 1 heterocycles. The highest BCUT2D eigenvalue weighted by molar-refractivity contribution is 14.0. The first-order chi connectivity index (χ1) is 10.6. The Balaban J connectivity index is 0.00000529. The predicted molar refractivity (Wildman–Crippen MR) is 98.2 cm³/mol. The number of guanidine groups is 1. The summed E-state index contributed by atoms with van der Waals surface area (Å²) in [6.45, 7) is 0.847. The molecule has 1 aromatic heterocycles. The number of alkyl halides is 3. The number of halogens is 4. The number of thiazole rings is 1. The minimum absolute atomic E-state index is 0. The minimum Gasteiger partial charge on any atom is -0.356 e. The fourth-order valence-electron chi connectivity index (χ4n) is 1.45. The van der Waals surface area contributed by atoms with E-state index in [1.165, 1.54) is 7.05 Å². The van der Waals surface area contributed by atoms with Gasteiger partial charge >= 0.3 is 6.18 Å². The van der Waals surface area contributed by atoms with Crippen molar-refractivity contribution in [1.29, 1.82) is 0 Å². The fourth-order valence-corrected chi connectivity index (χ4v) is 2.71. The summed E-state index contributed by atoms with van der Waals surface area (Å²) in [5.74, 6) is 0.396. The van der Waals surface area contributed by atoms with Crippen LogP contribution >= 0.6 is 35.3 Å². The van der Waals surface area contributed by atoms with Gasteiger partial charge in [0, 0.05) is 25.5 Å². The Morgan fingerprint density at radius 1 is 1.33 bits per heavy atom. The Kier molecular flexibility index (Phi) is 10.1. The standard InChI is InChI=1S/C11H18F3N5O2S2.HI/c1-15-10(16-4-3-5-18-23(2,20)21)17-6-9-19-8(7-22-9)11(12,13)14;/h7,18H,3-6H2,1-2H3,(H2,15,16,17);1H. The van der Waals surface area contributed by atoms with Crippen molar-refractivity contribution < 1.29 is 21.6 Å². The van der Waals surface area contributed by atoms with Crippen molar-refractivity contribution in [2.45, 2.75) is 19.1 Å². The third-order valence-electron chi connectivity index (χ3n) is 2.48. The summed E-state index contributed by atoms with van der Waals surface area (Å²) < 4.78 is 61.4. The highest BCUT2D eigenvalue weighted by Gasteiger charge is 2.33. The molecule has 24 heavy (non-hydrogen) atoms. The molecule has 7 nitrogen and oxygen atoms in total. The van der Waals surface area contributed by atoms with Gasteiger partial charge < -0.3 is 10.6 Å². The van der Waals surface area contributed by atoms with E-state index in [1.54, 1.807) is 0 Å². The third kappa shape index (κ3) is 9.58. The van der Waals surface area contributed by atoms with Crippen LogP contribution in [-0.4, -0.2) is 45.8 Å². The van der Waals surface area contributed by atoms with Gasteiger partial charge in [0.1, 0.15) is 5.01 Å². The minimum atomic E-state index is -4.44. The molecule has 3 N–H and O–H groups in total. The lowest BCUT2D eigenvalue weighted by Gasteiger charge is -2.10. The number of aromatic nitrogens is 1. The number of hydrogen-bond acceptors (Lipinski definition) is 5. The smallest absolute Gasteiger partial charge is 0.356 e. The highest BCUT2D eigenvalue weighted by atomic mass is 127. The molecule has 0 aliphatic heterocycles. The average molecular weight is 501 g/mol. The average Bonchev–Trinajstić information content (AvgIpc) is 2.89. The maximum absolute atomic E-state index is 12.4. The largest absolute Gasteiger partial charge is 0.434 e. The molecule has 0 aliphatic rings. The fraction of sp³-hybridized carbons (Fsp3) is 0.636. The summed E-state index contributed by atoms with van der Waals surface area (Å²) in [7, 11) is -1.69. The van der Waals surface area contributed by atoms with Crippen LogP contribution in [0.2, 0.25) is 0 Å². The van der Waals surface area contributed by atoms with E-state index in [9.17, 15) is 21.6 Å². The Morgan fingerprint density at radius 3 is 2.50 bits per heavy atom. The summed E-state index contributed by atoms with van der Waals surface area (Å²) in [5.41, 5.74) is -0.908. The van der Waals surface area contributed by atoms with E-state index in [4.69, 9.17) is 0 Å². The Labute approximate surface area is 159 Å². The summed E-state index contributed by atoms with van der Waals surface area (Å²) in [6.07, 6.45) is -2.84. The molecule has 0 atom stereocenters. The van der Waals surface area contributed by atoms with Gasteiger partial charge in [0.25, 0.3) is 0 Å². The van der Waals surface area contributed by atoms with Crippen LogP contribution in [0.1, 0.15) is 17.1 Å². The number of nitrogens with zero attached hydrogens (tertiary/aromatic N) is 2. The molecule has 0 aliphatic carbocycles. The molecule has 0 amide bonds. The summed E-state index contributed by atoms with van der Waals surface area (Å²) in [4.78, 5) is 7.41. The molecule has 0 fully saturated rings. The first-order valence-electron chi connectivity index (χ1n) is 6.52. The zero-order chi connectivity index (χ0) is 17.5. The maximum Gasteiger partial charge on any atom is 0.434 e. The lowest BCUT2D eigenvalue weighted by Crippen LogP contribution is -2.38. The van der Waals surface area contributed by atoms with E-state index in [1.807, 2.05) is 0 Å². The van der Waals surface area contributed by atoms with Crippen LogP contribution in [0.3, 0.4) is 0 Å². The number of nitrogens with one attached hydrogen (secondary N) is 3. The van der Waals surface area contributed by atoms with E-state index in [2.05, 4.69) is 25.3 Å². The van der Waals surface area contributed by atoms with Gasteiger partial charge in [0.05, 0.1) is 12.8 Å². The van der Waals surface area contributed by atoms with Crippen LogP contribution in [0.5, 0.6) is 0 Å². The van der Waals surface area contributed by atoms with Crippen molar-refractivity contribution in [1.82, 2.24) is 20.3 Å². The van der Waals surface area contributed by atoms with Crippen molar-refractivity contribution in [2.24, 2.45) is 4.99 Å². The van der Waals surface area contributed by atoms with Crippen LogP contribution in [0.4, 0.5) is 13.2 Å². The lowest BCUT2D eigenvalue weighted by molar-refractivity contribution is -0.140. The number of sulfonamides is 1. The Morgan fingerprint density at radius 2 is 2.00 bits per heavy atom. The van der Waals surface area contributed by atoms with Gasteiger partial charge in [-0.2, -0.15) is 13.2 Å².